The number of nitro groups is 1. The third-order valence-electron chi connectivity index (χ3n) is 1.49. The van der Waals surface area contributed by atoms with Crippen molar-refractivity contribution < 1.29 is 14.8 Å². The zero-order valence-electron chi connectivity index (χ0n) is 7.17. The molecule has 9 heteroatoms. The topological polar surface area (TPSA) is 135 Å². The molecule has 1 heterocycles. The van der Waals surface area contributed by atoms with E-state index in [9.17, 15) is 24.5 Å². The van der Waals surface area contributed by atoms with Crippen LogP contribution in [0.2, 0.25) is 0 Å². The molecular weight excluding hydrogens is 210 g/mol. The van der Waals surface area contributed by atoms with E-state index in [-0.39, 0.29) is 0 Å². The number of H-pyrrole nitrogens is 1. The Morgan fingerprint density at radius 3 is 2.67 bits per heavy atom. The Morgan fingerprint density at radius 1 is 1.60 bits per heavy atom. The van der Waals surface area contributed by atoms with Gasteiger partial charge in [-0.25, -0.2) is 4.79 Å². The highest BCUT2D eigenvalue weighted by molar-refractivity contribution is 5.66. The highest BCUT2D eigenvalue weighted by Crippen LogP contribution is 1.98. The second kappa shape index (κ2) is 3.74. The van der Waals surface area contributed by atoms with Gasteiger partial charge in [-0.3, -0.25) is 29.3 Å². The third-order valence-corrected chi connectivity index (χ3v) is 1.49. The Morgan fingerprint density at radius 2 is 2.20 bits per heavy atom. The molecule has 0 unspecified atom stereocenters. The summed E-state index contributed by atoms with van der Waals surface area (Å²) in [7, 11) is 0. The molecule has 0 saturated heterocycles. The van der Waals surface area contributed by atoms with Gasteiger partial charge in [0.15, 0.2) is 0 Å². The van der Waals surface area contributed by atoms with Gasteiger partial charge in [0.05, 0.1) is 11.1 Å². The summed E-state index contributed by atoms with van der Waals surface area (Å²) in [6.45, 7) is -0.754. The van der Waals surface area contributed by atoms with Crippen molar-refractivity contribution in [1.29, 1.82) is 0 Å². The monoisotopic (exact) mass is 215 g/mol. The standard InChI is InChI=1S/C6H5N3O6/c10-4(11)2-8-1-3(9(14)15)5(12)7-6(8)13/h1H,2H2,(H,10,11)(H,7,12,13). The predicted octanol–water partition coefficient (Wildman–Crippen LogP) is -1.47. The number of carboxylic acids is 1. The van der Waals surface area contributed by atoms with E-state index in [0.29, 0.717) is 10.8 Å². The Balaban J connectivity index is 3.36. The van der Waals surface area contributed by atoms with E-state index in [0.717, 1.165) is 0 Å². The normalized spacial score (nSPS) is 9.87. The van der Waals surface area contributed by atoms with Gasteiger partial charge < -0.3 is 5.11 Å². The maximum absolute atomic E-state index is 11.0. The van der Waals surface area contributed by atoms with E-state index in [2.05, 4.69) is 0 Å². The number of hydrogen-bond acceptors (Lipinski definition) is 5. The van der Waals surface area contributed by atoms with Crippen LogP contribution in [-0.4, -0.2) is 25.6 Å². The molecule has 0 fully saturated rings. The molecule has 0 spiro atoms. The number of aliphatic carboxylic acids is 1. The van der Waals surface area contributed by atoms with E-state index in [1.54, 1.807) is 4.98 Å². The fraction of sp³-hybridized carbons (Fsp3) is 0.167. The first-order chi connectivity index (χ1) is 6.91. The van der Waals surface area contributed by atoms with Gasteiger partial charge in [0.2, 0.25) is 0 Å². The summed E-state index contributed by atoms with van der Waals surface area (Å²) >= 11 is 0. The summed E-state index contributed by atoms with van der Waals surface area (Å²) in [6, 6.07) is 0. The van der Waals surface area contributed by atoms with Gasteiger partial charge in [-0.05, 0) is 0 Å². The highest BCUT2D eigenvalue weighted by atomic mass is 16.6. The van der Waals surface area contributed by atoms with Gasteiger partial charge in [-0.1, -0.05) is 0 Å². The number of nitrogens with zero attached hydrogens (tertiary/aromatic N) is 2. The number of rotatable bonds is 3. The SMILES string of the molecule is O=C(O)Cn1cc([N+](=O)[O-])c(=O)[nH]c1=O. The molecule has 0 aliphatic rings. The van der Waals surface area contributed by atoms with Crippen LogP contribution in [-0.2, 0) is 11.3 Å². The molecule has 15 heavy (non-hydrogen) atoms. The number of aromatic amines is 1. The van der Waals surface area contributed by atoms with Crippen LogP contribution < -0.4 is 11.2 Å². The summed E-state index contributed by atoms with van der Waals surface area (Å²) in [4.78, 5) is 43.0. The lowest BCUT2D eigenvalue weighted by atomic mass is 10.5. The maximum Gasteiger partial charge on any atom is 0.350 e. The molecule has 1 aromatic rings. The van der Waals surface area contributed by atoms with Crippen molar-refractivity contribution in [3.05, 3.63) is 37.1 Å². The summed E-state index contributed by atoms with van der Waals surface area (Å²) in [5, 5.41) is 18.7. The zero-order chi connectivity index (χ0) is 11.6. The summed E-state index contributed by atoms with van der Waals surface area (Å²) in [5.74, 6) is -1.35. The van der Waals surface area contributed by atoms with E-state index in [1.165, 1.54) is 0 Å². The Kier molecular flexibility index (Phi) is 2.65. The summed E-state index contributed by atoms with van der Waals surface area (Å²) < 4.78 is 0.530. The van der Waals surface area contributed by atoms with Gasteiger partial charge >= 0.3 is 22.9 Å². The van der Waals surface area contributed by atoms with Crippen LogP contribution in [0.15, 0.2) is 15.8 Å². The minimum absolute atomic E-state index is 0.530. The minimum atomic E-state index is -1.35. The molecule has 9 nitrogen and oxygen atoms in total. The first-order valence-electron chi connectivity index (χ1n) is 3.61. The van der Waals surface area contributed by atoms with E-state index >= 15 is 0 Å². The Hall–Kier alpha value is -2.45. The molecular formula is C6H5N3O6. The second-order valence-electron chi connectivity index (χ2n) is 2.55. The van der Waals surface area contributed by atoms with Crippen molar-refractivity contribution in [3.63, 3.8) is 0 Å². The molecule has 2 N–H and O–H groups in total. The van der Waals surface area contributed by atoms with Crippen LogP contribution in [0, 0.1) is 10.1 Å². The van der Waals surface area contributed by atoms with Crippen molar-refractivity contribution in [2.24, 2.45) is 0 Å². The fourth-order valence-electron chi connectivity index (χ4n) is 0.891. The molecule has 0 aliphatic heterocycles. The lowest BCUT2D eigenvalue weighted by Crippen LogP contribution is -2.32. The van der Waals surface area contributed by atoms with Crippen LogP contribution in [0.1, 0.15) is 0 Å². The van der Waals surface area contributed by atoms with Crippen LogP contribution in [0.25, 0.3) is 0 Å². The van der Waals surface area contributed by atoms with E-state index in [1.807, 2.05) is 0 Å². The maximum atomic E-state index is 11.0. The quantitative estimate of drug-likeness (QED) is 0.466. The Bertz CT molecular complexity index is 526. The van der Waals surface area contributed by atoms with Gasteiger partial charge in [0, 0.05) is 0 Å². The van der Waals surface area contributed by atoms with Gasteiger partial charge in [0.1, 0.15) is 6.54 Å². The van der Waals surface area contributed by atoms with Crippen molar-refractivity contribution in [2.75, 3.05) is 0 Å². The molecule has 0 aliphatic carbocycles. The summed E-state index contributed by atoms with van der Waals surface area (Å²) in [5.41, 5.74) is -3.05. The lowest BCUT2D eigenvalue weighted by Gasteiger charge is -1.99. The molecule has 1 aromatic heterocycles. The molecule has 80 valence electrons. The summed E-state index contributed by atoms with van der Waals surface area (Å²) in [6.07, 6.45) is 0.593. The Labute approximate surface area is 80.7 Å². The first-order valence-corrected chi connectivity index (χ1v) is 3.61. The number of nitrogens with one attached hydrogen (secondary N) is 1. The van der Waals surface area contributed by atoms with Crippen LogP contribution in [0.3, 0.4) is 0 Å². The third kappa shape index (κ3) is 2.27. The predicted molar refractivity (Wildman–Crippen MR) is 45.6 cm³/mol. The highest BCUT2D eigenvalue weighted by Gasteiger charge is 2.15. The van der Waals surface area contributed by atoms with Crippen molar-refractivity contribution in [3.8, 4) is 0 Å². The lowest BCUT2D eigenvalue weighted by molar-refractivity contribution is -0.386. The number of hydrogen-bond donors (Lipinski definition) is 2. The average molecular weight is 215 g/mol. The van der Waals surface area contributed by atoms with E-state index < -0.39 is 34.4 Å². The van der Waals surface area contributed by atoms with Crippen LogP contribution in [0.4, 0.5) is 5.69 Å². The van der Waals surface area contributed by atoms with E-state index in [4.69, 9.17) is 5.11 Å². The first kappa shape index (κ1) is 10.6. The molecule has 1 rings (SSSR count). The van der Waals surface area contributed by atoms with Crippen LogP contribution >= 0.6 is 0 Å². The van der Waals surface area contributed by atoms with Gasteiger partial charge in [-0.15, -0.1) is 0 Å². The number of aromatic nitrogens is 2. The van der Waals surface area contributed by atoms with Crippen molar-refractivity contribution in [2.45, 2.75) is 6.54 Å². The smallest absolute Gasteiger partial charge is 0.350 e. The van der Waals surface area contributed by atoms with Gasteiger partial charge in [-0.2, -0.15) is 0 Å². The molecule has 0 saturated carbocycles. The largest absolute Gasteiger partial charge is 0.480 e. The van der Waals surface area contributed by atoms with Crippen molar-refractivity contribution in [1.82, 2.24) is 9.55 Å². The zero-order valence-corrected chi connectivity index (χ0v) is 7.17. The molecule has 0 atom stereocenters. The number of carbonyl (C=O) groups is 1. The minimum Gasteiger partial charge on any atom is -0.480 e. The molecule has 0 amide bonds. The second-order valence-corrected chi connectivity index (χ2v) is 2.55. The molecule has 0 aromatic carbocycles. The van der Waals surface area contributed by atoms with Crippen LogP contribution in [0.5, 0.6) is 0 Å². The molecule has 0 radical (unpaired) electrons. The number of carboxylic acid groups (broad SMARTS) is 1. The van der Waals surface area contributed by atoms with Crippen molar-refractivity contribution >= 4 is 11.7 Å². The fourth-order valence-corrected chi connectivity index (χ4v) is 0.891. The van der Waals surface area contributed by atoms with Gasteiger partial charge in [0.25, 0.3) is 0 Å². The average Bonchev–Trinajstić information content (AvgIpc) is 2.08. The molecule has 0 bridgehead atoms.